The van der Waals surface area contributed by atoms with Crippen molar-refractivity contribution in [3.63, 3.8) is 0 Å². The van der Waals surface area contributed by atoms with E-state index in [1.165, 1.54) is 4.90 Å². The van der Waals surface area contributed by atoms with E-state index in [9.17, 15) is 19.5 Å². The van der Waals surface area contributed by atoms with Gasteiger partial charge < -0.3 is 23.6 Å². The third-order valence-electron chi connectivity index (χ3n) is 5.61. The first kappa shape index (κ1) is 18.3. The molecule has 4 rings (SSSR count). The zero-order valence-electron chi connectivity index (χ0n) is 15.7. The van der Waals surface area contributed by atoms with Crippen molar-refractivity contribution in [1.29, 1.82) is 0 Å². The number of carboxylic acid groups (broad SMARTS) is 1. The molecule has 1 aliphatic heterocycles. The average molecular weight is 382 g/mol. The molecule has 0 bridgehead atoms. The Bertz CT molecular complexity index is 1160. The molecule has 28 heavy (non-hydrogen) atoms. The van der Waals surface area contributed by atoms with Crippen LogP contribution < -0.4 is 10.7 Å². The van der Waals surface area contributed by atoms with Gasteiger partial charge in [-0.1, -0.05) is 0 Å². The van der Waals surface area contributed by atoms with Crippen molar-refractivity contribution in [1.82, 2.24) is 4.90 Å². The van der Waals surface area contributed by atoms with E-state index in [0.29, 0.717) is 36.1 Å². The van der Waals surface area contributed by atoms with Crippen LogP contribution in [0.3, 0.4) is 0 Å². The van der Waals surface area contributed by atoms with Gasteiger partial charge >= 0.3 is 5.63 Å². The first-order valence-electron chi connectivity index (χ1n) is 9.31. The highest BCUT2D eigenvalue weighted by Gasteiger charge is 2.29. The molecule has 7 nitrogen and oxygen atoms in total. The number of carboxylic acids is 1. The Labute approximate surface area is 160 Å². The number of carbonyl (C=O) groups is 2. The highest BCUT2D eigenvalue weighted by molar-refractivity contribution is 5.96. The van der Waals surface area contributed by atoms with Crippen molar-refractivity contribution in [2.45, 2.75) is 45.6 Å². The third-order valence-corrected chi connectivity index (χ3v) is 5.61. The Balaban J connectivity index is 1.64. The SMILES string of the molecule is Cc1coc2cc3oc(=O)c(CCC(=O)N4CCC[C@H]4C(=O)[O-])c(C)c3cc12. The second-order valence-corrected chi connectivity index (χ2v) is 7.32. The second-order valence-electron chi connectivity index (χ2n) is 7.32. The quantitative estimate of drug-likeness (QED) is 0.638. The van der Waals surface area contributed by atoms with Crippen molar-refractivity contribution in [3.8, 4) is 0 Å². The summed E-state index contributed by atoms with van der Waals surface area (Å²) in [5, 5.41) is 12.9. The van der Waals surface area contributed by atoms with Gasteiger partial charge in [0.15, 0.2) is 0 Å². The van der Waals surface area contributed by atoms with E-state index in [2.05, 4.69) is 0 Å². The fraction of sp³-hybridized carbons (Fsp3) is 0.381. The van der Waals surface area contributed by atoms with Crippen molar-refractivity contribution in [2.75, 3.05) is 6.54 Å². The molecule has 0 radical (unpaired) electrons. The number of furan rings is 1. The normalized spacial score (nSPS) is 16.9. The van der Waals surface area contributed by atoms with Crippen LogP contribution in [-0.2, 0) is 16.0 Å². The molecule has 0 N–H and O–H groups in total. The lowest BCUT2D eigenvalue weighted by Crippen LogP contribution is -2.47. The van der Waals surface area contributed by atoms with Crippen molar-refractivity contribution < 1.29 is 23.5 Å². The summed E-state index contributed by atoms with van der Waals surface area (Å²) in [7, 11) is 0. The van der Waals surface area contributed by atoms with E-state index in [-0.39, 0.29) is 18.7 Å². The lowest BCUT2D eigenvalue weighted by molar-refractivity contribution is -0.310. The minimum absolute atomic E-state index is 0.0495. The van der Waals surface area contributed by atoms with Crippen LogP contribution in [0.25, 0.3) is 21.9 Å². The van der Waals surface area contributed by atoms with Gasteiger partial charge in [0.2, 0.25) is 5.91 Å². The smallest absolute Gasteiger partial charge is 0.339 e. The number of hydrogen-bond acceptors (Lipinski definition) is 6. The topological polar surface area (TPSA) is 104 Å². The number of likely N-dealkylation sites (tertiary alicyclic amines) is 1. The van der Waals surface area contributed by atoms with Crippen LogP contribution in [0.1, 0.15) is 36.0 Å². The number of aliphatic carboxylic acids is 1. The van der Waals surface area contributed by atoms with E-state index < -0.39 is 17.6 Å². The first-order valence-corrected chi connectivity index (χ1v) is 9.31. The van der Waals surface area contributed by atoms with Crippen LogP contribution in [0, 0.1) is 13.8 Å². The summed E-state index contributed by atoms with van der Waals surface area (Å²) in [4.78, 5) is 37.5. The molecule has 1 aliphatic rings. The minimum atomic E-state index is -1.23. The number of benzene rings is 1. The number of carbonyl (C=O) groups excluding carboxylic acids is 2. The van der Waals surface area contributed by atoms with Gasteiger partial charge in [0.1, 0.15) is 11.2 Å². The van der Waals surface area contributed by atoms with Crippen LogP contribution >= 0.6 is 0 Å². The molecule has 0 saturated carbocycles. The Hall–Kier alpha value is -3.09. The summed E-state index contributed by atoms with van der Waals surface area (Å²) in [5.41, 5.74) is 2.79. The van der Waals surface area contributed by atoms with Crippen molar-refractivity contribution >= 4 is 33.8 Å². The molecule has 1 aromatic carbocycles. The Morgan fingerprint density at radius 2 is 2.00 bits per heavy atom. The highest BCUT2D eigenvalue weighted by atomic mass is 16.4. The van der Waals surface area contributed by atoms with Crippen molar-refractivity contribution in [3.05, 3.63) is 45.5 Å². The highest BCUT2D eigenvalue weighted by Crippen LogP contribution is 2.29. The number of amides is 1. The Morgan fingerprint density at radius 3 is 2.75 bits per heavy atom. The molecule has 1 atom stereocenters. The molecule has 0 spiro atoms. The van der Waals surface area contributed by atoms with Gasteiger partial charge in [0.05, 0.1) is 18.3 Å². The monoisotopic (exact) mass is 382 g/mol. The molecule has 1 saturated heterocycles. The third kappa shape index (κ3) is 2.96. The fourth-order valence-corrected chi connectivity index (χ4v) is 4.01. The molecule has 7 heteroatoms. The number of nitrogens with zero attached hydrogens (tertiary/aromatic N) is 1. The summed E-state index contributed by atoms with van der Waals surface area (Å²) in [6.45, 7) is 4.18. The van der Waals surface area contributed by atoms with Crippen LogP contribution in [0.4, 0.5) is 0 Å². The van der Waals surface area contributed by atoms with Gasteiger partial charge in [0.25, 0.3) is 0 Å². The standard InChI is InChI=1S/C21H21NO6/c1-11-10-27-17-9-18-15(8-14(11)17)12(2)13(21(26)28-18)5-6-19(23)22-7-3-4-16(22)20(24)25/h8-10,16H,3-7H2,1-2H3,(H,24,25)/p-1/t16-/m0/s1. The van der Waals surface area contributed by atoms with Crippen LogP contribution in [0.5, 0.6) is 0 Å². The molecular weight excluding hydrogens is 362 g/mol. The molecule has 2 aromatic heterocycles. The zero-order chi connectivity index (χ0) is 20.0. The van der Waals surface area contributed by atoms with Gasteiger partial charge in [0, 0.05) is 35.4 Å². The van der Waals surface area contributed by atoms with E-state index in [4.69, 9.17) is 8.83 Å². The van der Waals surface area contributed by atoms with Gasteiger partial charge in [-0.15, -0.1) is 0 Å². The Kier molecular flexibility index (Phi) is 4.45. The van der Waals surface area contributed by atoms with Crippen LogP contribution in [0.15, 0.2) is 32.0 Å². The zero-order valence-corrected chi connectivity index (χ0v) is 15.7. The largest absolute Gasteiger partial charge is 0.548 e. The van der Waals surface area contributed by atoms with E-state index in [1.807, 2.05) is 19.9 Å². The molecule has 1 fully saturated rings. The summed E-state index contributed by atoms with van der Waals surface area (Å²) in [5.74, 6) is -1.52. The van der Waals surface area contributed by atoms with Gasteiger partial charge in [-0.3, -0.25) is 4.79 Å². The molecule has 1 amide bonds. The lowest BCUT2D eigenvalue weighted by atomic mass is 10.0. The van der Waals surface area contributed by atoms with Crippen LogP contribution in [-0.4, -0.2) is 29.4 Å². The minimum Gasteiger partial charge on any atom is -0.548 e. The number of aryl methyl sites for hydroxylation is 2. The maximum atomic E-state index is 12.5. The predicted octanol–water partition coefficient (Wildman–Crippen LogP) is 1.83. The molecule has 3 heterocycles. The second kappa shape index (κ2) is 6.82. The first-order chi connectivity index (χ1) is 13.4. The number of rotatable bonds is 4. The predicted molar refractivity (Wildman–Crippen MR) is 99.8 cm³/mol. The average Bonchev–Trinajstić information content (AvgIpc) is 3.27. The summed E-state index contributed by atoms with van der Waals surface area (Å²) < 4.78 is 10.9. The Morgan fingerprint density at radius 1 is 1.21 bits per heavy atom. The maximum absolute atomic E-state index is 12.5. The van der Waals surface area contributed by atoms with Crippen molar-refractivity contribution in [2.24, 2.45) is 0 Å². The number of hydrogen-bond donors (Lipinski definition) is 0. The molecule has 0 aliphatic carbocycles. The molecule has 0 unspecified atom stereocenters. The van der Waals surface area contributed by atoms with E-state index >= 15 is 0 Å². The molecular formula is C21H20NO6-. The summed E-state index contributed by atoms with van der Waals surface area (Å²) >= 11 is 0. The maximum Gasteiger partial charge on any atom is 0.339 e. The summed E-state index contributed by atoms with van der Waals surface area (Å²) in [6.07, 6.45) is 2.95. The molecule has 146 valence electrons. The van der Waals surface area contributed by atoms with Crippen LogP contribution in [0.2, 0.25) is 0 Å². The lowest BCUT2D eigenvalue weighted by Gasteiger charge is -2.25. The van der Waals surface area contributed by atoms with Gasteiger partial charge in [-0.2, -0.15) is 0 Å². The van der Waals surface area contributed by atoms with E-state index in [1.54, 1.807) is 12.3 Å². The van der Waals surface area contributed by atoms with Gasteiger partial charge in [-0.25, -0.2) is 4.79 Å². The van der Waals surface area contributed by atoms with E-state index in [0.717, 1.165) is 21.9 Å². The molecule has 3 aromatic rings. The number of fused-ring (bicyclic) bond motifs is 2. The fourth-order valence-electron chi connectivity index (χ4n) is 4.01. The van der Waals surface area contributed by atoms with Gasteiger partial charge in [-0.05, 0) is 50.3 Å². The summed E-state index contributed by atoms with van der Waals surface area (Å²) in [6, 6.07) is 2.76.